The van der Waals surface area contributed by atoms with Crippen molar-refractivity contribution in [2.24, 2.45) is 0 Å². The molecule has 1 aromatic heterocycles. The van der Waals surface area contributed by atoms with Gasteiger partial charge in [0.2, 0.25) is 0 Å². The minimum absolute atomic E-state index is 0.0506. The topological polar surface area (TPSA) is 36.1 Å². The Kier molecular flexibility index (Phi) is 4.50. The summed E-state index contributed by atoms with van der Waals surface area (Å²) in [6.07, 6.45) is 3.85. The molecule has 4 heteroatoms. The van der Waals surface area contributed by atoms with E-state index >= 15 is 0 Å². The monoisotopic (exact) mass is 316 g/mol. The third kappa shape index (κ3) is 3.18. The van der Waals surface area contributed by atoms with Crippen LogP contribution in [0.1, 0.15) is 42.2 Å². The Labute approximate surface area is 136 Å². The van der Waals surface area contributed by atoms with E-state index in [4.69, 9.17) is 0 Å². The molecule has 1 aliphatic heterocycles. The molecule has 0 spiro atoms. The predicted molar refractivity (Wildman–Crippen MR) is 93.6 cm³/mol. The second kappa shape index (κ2) is 6.39. The number of thiazole rings is 1. The van der Waals surface area contributed by atoms with Crippen molar-refractivity contribution >= 4 is 11.3 Å². The highest BCUT2D eigenvalue weighted by Crippen LogP contribution is 2.29. The minimum Gasteiger partial charge on any atom is -0.312 e. The molecule has 22 heavy (non-hydrogen) atoms. The van der Waals surface area contributed by atoms with Crippen LogP contribution in [-0.2, 0) is 6.54 Å². The van der Waals surface area contributed by atoms with Crippen LogP contribution in [0.15, 0.2) is 23.0 Å². The van der Waals surface area contributed by atoms with Gasteiger partial charge in [0.1, 0.15) is 0 Å². The summed E-state index contributed by atoms with van der Waals surface area (Å²) >= 11 is 1.37. The Hall–Kier alpha value is -1.39. The van der Waals surface area contributed by atoms with Crippen molar-refractivity contribution in [3.05, 3.63) is 43.9 Å². The molecule has 3 rings (SSSR count). The molecule has 0 bridgehead atoms. The number of aromatic amines is 1. The fraction of sp³-hybridized carbons (Fsp3) is 0.500. The van der Waals surface area contributed by atoms with Gasteiger partial charge in [-0.1, -0.05) is 41.5 Å². The average molecular weight is 316 g/mol. The van der Waals surface area contributed by atoms with Gasteiger partial charge in [-0.05, 0) is 45.7 Å². The number of hydrogen-bond acceptors (Lipinski definition) is 3. The van der Waals surface area contributed by atoms with E-state index in [0.29, 0.717) is 6.04 Å². The van der Waals surface area contributed by atoms with E-state index in [2.05, 4.69) is 48.9 Å². The van der Waals surface area contributed by atoms with Crippen molar-refractivity contribution < 1.29 is 0 Å². The van der Waals surface area contributed by atoms with Crippen molar-refractivity contribution in [1.29, 1.82) is 0 Å². The summed E-state index contributed by atoms with van der Waals surface area (Å²) in [4.78, 5) is 18.7. The molecule has 0 amide bonds. The molecule has 1 saturated heterocycles. The van der Waals surface area contributed by atoms with Crippen LogP contribution in [0.25, 0.3) is 11.3 Å². The lowest BCUT2D eigenvalue weighted by molar-refractivity contribution is 0.154. The molecule has 2 aromatic rings. The van der Waals surface area contributed by atoms with Gasteiger partial charge in [0.25, 0.3) is 0 Å². The highest BCUT2D eigenvalue weighted by atomic mass is 32.1. The van der Waals surface area contributed by atoms with Gasteiger partial charge >= 0.3 is 4.87 Å². The molecule has 118 valence electrons. The molecule has 0 saturated carbocycles. The number of nitrogens with one attached hydrogen (secondary N) is 1. The number of H-pyrrole nitrogens is 1. The van der Waals surface area contributed by atoms with Crippen LogP contribution in [0, 0.1) is 13.8 Å². The largest absolute Gasteiger partial charge is 0.312 e. The Balaban J connectivity index is 1.94. The van der Waals surface area contributed by atoms with Crippen LogP contribution < -0.4 is 4.87 Å². The Morgan fingerprint density at radius 3 is 2.86 bits per heavy atom. The lowest BCUT2D eigenvalue weighted by atomic mass is 10.0. The normalized spacial score (nSPS) is 19.5. The summed E-state index contributed by atoms with van der Waals surface area (Å²) < 4.78 is 0. The van der Waals surface area contributed by atoms with Gasteiger partial charge in [-0.25, -0.2) is 0 Å². The first-order valence-electron chi connectivity index (χ1n) is 8.08. The van der Waals surface area contributed by atoms with Crippen molar-refractivity contribution in [2.45, 2.75) is 52.6 Å². The molecule has 1 aliphatic rings. The maximum Gasteiger partial charge on any atom is 0.305 e. The van der Waals surface area contributed by atoms with E-state index in [0.717, 1.165) is 24.3 Å². The number of likely N-dealkylation sites (tertiary alicyclic amines) is 1. The van der Waals surface area contributed by atoms with Crippen LogP contribution >= 0.6 is 11.3 Å². The molecule has 1 unspecified atom stereocenters. The SMILES string of the molecule is Cc1ccc(-c2[nH]c(=O)sc2CN2CCCCC2C)c(C)c1. The molecule has 0 radical (unpaired) electrons. The van der Waals surface area contributed by atoms with Gasteiger partial charge in [0, 0.05) is 23.0 Å². The molecule has 3 nitrogen and oxygen atoms in total. The standard InChI is InChI=1S/C18H24N2OS/c1-12-7-8-15(13(2)10-12)17-16(22-18(21)19-17)11-20-9-5-4-6-14(20)3/h7-8,10,14H,4-6,9,11H2,1-3H3,(H,19,21). The van der Waals surface area contributed by atoms with Crippen LogP contribution in [0.3, 0.4) is 0 Å². The molecule has 1 aromatic carbocycles. The first-order chi connectivity index (χ1) is 10.5. The molecule has 1 atom stereocenters. The molecule has 2 heterocycles. The molecule has 1 fully saturated rings. The third-order valence-electron chi connectivity index (χ3n) is 4.66. The second-order valence-corrected chi connectivity index (χ2v) is 7.51. The van der Waals surface area contributed by atoms with Gasteiger partial charge in [0.15, 0.2) is 0 Å². The van der Waals surface area contributed by atoms with Crippen LogP contribution in [-0.4, -0.2) is 22.5 Å². The van der Waals surface area contributed by atoms with Gasteiger partial charge < -0.3 is 4.98 Å². The van der Waals surface area contributed by atoms with Gasteiger partial charge in [0.05, 0.1) is 5.69 Å². The summed E-state index contributed by atoms with van der Waals surface area (Å²) in [6.45, 7) is 8.53. The number of benzene rings is 1. The molecular weight excluding hydrogens is 292 g/mol. The summed E-state index contributed by atoms with van der Waals surface area (Å²) in [7, 11) is 0. The number of aromatic nitrogens is 1. The number of aryl methyl sites for hydroxylation is 2. The highest BCUT2D eigenvalue weighted by Gasteiger charge is 2.21. The molecule has 0 aliphatic carbocycles. The first kappa shape index (κ1) is 15.5. The van der Waals surface area contributed by atoms with Crippen LogP contribution in [0.5, 0.6) is 0 Å². The second-order valence-electron chi connectivity index (χ2n) is 6.45. The smallest absolute Gasteiger partial charge is 0.305 e. The fourth-order valence-corrected chi connectivity index (χ4v) is 4.23. The maximum atomic E-state index is 11.9. The average Bonchev–Trinajstić information content (AvgIpc) is 2.82. The lowest BCUT2D eigenvalue weighted by Crippen LogP contribution is -2.36. The third-order valence-corrected chi connectivity index (χ3v) is 5.53. The summed E-state index contributed by atoms with van der Waals surface area (Å²) in [5, 5.41) is 0. The van der Waals surface area contributed by atoms with Crippen molar-refractivity contribution in [2.75, 3.05) is 6.54 Å². The van der Waals surface area contributed by atoms with Gasteiger partial charge in [-0.2, -0.15) is 0 Å². The van der Waals surface area contributed by atoms with Crippen molar-refractivity contribution in [3.8, 4) is 11.3 Å². The number of hydrogen-bond donors (Lipinski definition) is 1. The van der Waals surface area contributed by atoms with Crippen molar-refractivity contribution in [3.63, 3.8) is 0 Å². The maximum absolute atomic E-state index is 11.9. The molecular formula is C18H24N2OS. The van der Waals surface area contributed by atoms with E-state index in [1.54, 1.807) is 0 Å². The summed E-state index contributed by atoms with van der Waals surface area (Å²) in [6, 6.07) is 7.04. The predicted octanol–water partition coefficient (Wildman–Crippen LogP) is 4.09. The summed E-state index contributed by atoms with van der Waals surface area (Å²) in [5.41, 5.74) is 4.65. The number of nitrogens with zero attached hydrogens (tertiary/aromatic N) is 1. The zero-order chi connectivity index (χ0) is 15.7. The van der Waals surface area contributed by atoms with Crippen LogP contribution in [0.4, 0.5) is 0 Å². The van der Waals surface area contributed by atoms with Gasteiger partial charge in [-0.15, -0.1) is 0 Å². The fourth-order valence-electron chi connectivity index (χ4n) is 3.36. The zero-order valence-corrected chi connectivity index (χ0v) is 14.4. The Morgan fingerprint density at radius 1 is 1.32 bits per heavy atom. The van der Waals surface area contributed by atoms with E-state index in [1.807, 2.05) is 0 Å². The van der Waals surface area contributed by atoms with Gasteiger partial charge in [-0.3, -0.25) is 9.69 Å². The van der Waals surface area contributed by atoms with Crippen LogP contribution in [0.2, 0.25) is 0 Å². The van der Waals surface area contributed by atoms with Crippen molar-refractivity contribution in [1.82, 2.24) is 9.88 Å². The van der Waals surface area contributed by atoms with E-state index in [9.17, 15) is 4.79 Å². The zero-order valence-electron chi connectivity index (χ0n) is 13.6. The molecule has 1 N–H and O–H groups in total. The Morgan fingerprint density at radius 2 is 2.14 bits per heavy atom. The number of rotatable bonds is 3. The lowest BCUT2D eigenvalue weighted by Gasteiger charge is -2.33. The number of piperidine rings is 1. The van der Waals surface area contributed by atoms with E-state index in [-0.39, 0.29) is 4.87 Å². The van der Waals surface area contributed by atoms with E-state index in [1.165, 1.54) is 46.6 Å². The first-order valence-corrected chi connectivity index (χ1v) is 8.90. The minimum atomic E-state index is 0.0506. The quantitative estimate of drug-likeness (QED) is 0.925. The van der Waals surface area contributed by atoms with E-state index < -0.39 is 0 Å². The Bertz CT molecular complexity index is 716. The highest BCUT2D eigenvalue weighted by molar-refractivity contribution is 7.09. The summed E-state index contributed by atoms with van der Waals surface area (Å²) in [5.74, 6) is 0.